The molecule has 0 amide bonds. The van der Waals surface area contributed by atoms with Gasteiger partial charge in [-0.25, -0.2) is 13.1 Å². The first-order chi connectivity index (χ1) is 9.51. The van der Waals surface area contributed by atoms with Crippen molar-refractivity contribution in [2.24, 2.45) is 0 Å². The lowest BCUT2D eigenvalue weighted by Crippen LogP contribution is -2.36. The number of methoxy groups -OCH3 is 1. The van der Waals surface area contributed by atoms with Crippen LogP contribution < -0.4 is 10.0 Å². The highest BCUT2D eigenvalue weighted by molar-refractivity contribution is 7.89. The van der Waals surface area contributed by atoms with Gasteiger partial charge in [0.1, 0.15) is 0 Å². The lowest BCUT2D eigenvalue weighted by Gasteiger charge is -2.16. The molecule has 5 nitrogen and oxygen atoms in total. The predicted molar refractivity (Wildman–Crippen MR) is 80.1 cm³/mol. The molecule has 0 heterocycles. The van der Waals surface area contributed by atoms with Crippen LogP contribution in [0.15, 0.2) is 29.2 Å². The van der Waals surface area contributed by atoms with Crippen LogP contribution in [-0.4, -0.2) is 34.7 Å². The molecule has 0 spiro atoms. The van der Waals surface area contributed by atoms with Gasteiger partial charge in [-0.05, 0) is 31.5 Å². The maximum atomic E-state index is 12.4. The van der Waals surface area contributed by atoms with Gasteiger partial charge in [-0.1, -0.05) is 25.1 Å². The fraction of sp³-hybridized carbons (Fsp3) is 0.571. The van der Waals surface area contributed by atoms with E-state index in [9.17, 15) is 8.42 Å². The molecule has 1 aromatic rings. The van der Waals surface area contributed by atoms with Crippen LogP contribution in [0, 0.1) is 0 Å². The van der Waals surface area contributed by atoms with Crippen LogP contribution in [0.25, 0.3) is 0 Å². The first-order valence-corrected chi connectivity index (χ1v) is 8.29. The summed E-state index contributed by atoms with van der Waals surface area (Å²) < 4.78 is 32.3. The smallest absolute Gasteiger partial charge is 0.241 e. The molecule has 0 saturated heterocycles. The van der Waals surface area contributed by atoms with Crippen molar-refractivity contribution < 1.29 is 13.2 Å². The third-order valence-electron chi connectivity index (χ3n) is 2.78. The Morgan fingerprint density at radius 1 is 1.30 bits per heavy atom. The highest BCUT2D eigenvalue weighted by atomic mass is 32.2. The number of nitrogens with one attached hydrogen (secondary N) is 2. The lowest BCUT2D eigenvalue weighted by atomic mass is 10.2. The van der Waals surface area contributed by atoms with Gasteiger partial charge in [-0.3, -0.25) is 0 Å². The molecule has 6 heteroatoms. The van der Waals surface area contributed by atoms with E-state index in [1.165, 1.54) is 0 Å². The summed E-state index contributed by atoms with van der Waals surface area (Å²) >= 11 is 0. The molecular weight excluding hydrogens is 276 g/mol. The topological polar surface area (TPSA) is 67.4 Å². The number of hydrogen-bond acceptors (Lipinski definition) is 4. The van der Waals surface area contributed by atoms with E-state index in [4.69, 9.17) is 4.74 Å². The fourth-order valence-corrected chi connectivity index (χ4v) is 3.39. The molecular formula is C14H24N2O3S. The maximum absolute atomic E-state index is 12.4. The van der Waals surface area contributed by atoms with E-state index in [0.29, 0.717) is 18.0 Å². The van der Waals surface area contributed by atoms with Crippen LogP contribution in [-0.2, 0) is 21.3 Å². The Hall–Kier alpha value is -0.950. The SMILES string of the molecule is CCCNCc1ccccc1S(=O)(=O)NC(C)COC. The molecule has 0 fully saturated rings. The van der Waals surface area contributed by atoms with Gasteiger partial charge >= 0.3 is 0 Å². The fourth-order valence-electron chi connectivity index (χ4n) is 1.92. The molecule has 0 bridgehead atoms. The van der Waals surface area contributed by atoms with E-state index in [0.717, 1.165) is 18.5 Å². The highest BCUT2D eigenvalue weighted by Crippen LogP contribution is 2.15. The molecule has 1 atom stereocenters. The molecule has 0 aromatic heterocycles. The van der Waals surface area contributed by atoms with E-state index >= 15 is 0 Å². The van der Waals surface area contributed by atoms with Gasteiger partial charge in [-0.15, -0.1) is 0 Å². The summed E-state index contributed by atoms with van der Waals surface area (Å²) in [7, 11) is -1.97. The molecule has 1 rings (SSSR count). The maximum Gasteiger partial charge on any atom is 0.241 e. The molecule has 1 aromatic carbocycles. The largest absolute Gasteiger partial charge is 0.383 e. The van der Waals surface area contributed by atoms with Crippen molar-refractivity contribution in [1.82, 2.24) is 10.0 Å². The number of rotatable bonds is 9. The predicted octanol–water partition coefficient (Wildman–Crippen LogP) is 1.50. The van der Waals surface area contributed by atoms with Crippen molar-refractivity contribution in [1.29, 1.82) is 0 Å². The van der Waals surface area contributed by atoms with Crippen molar-refractivity contribution >= 4 is 10.0 Å². The summed E-state index contributed by atoms with van der Waals surface area (Å²) in [4.78, 5) is 0.326. The minimum absolute atomic E-state index is 0.262. The Kier molecular flexibility index (Phi) is 7.15. The van der Waals surface area contributed by atoms with Crippen LogP contribution in [0.5, 0.6) is 0 Å². The summed E-state index contributed by atoms with van der Waals surface area (Å²) in [5, 5.41) is 3.23. The van der Waals surface area contributed by atoms with Crippen LogP contribution in [0.3, 0.4) is 0 Å². The summed E-state index contributed by atoms with van der Waals surface area (Å²) in [6, 6.07) is 6.78. The molecule has 0 aliphatic rings. The Balaban J connectivity index is 2.88. The van der Waals surface area contributed by atoms with Crippen molar-refractivity contribution in [3.63, 3.8) is 0 Å². The first-order valence-electron chi connectivity index (χ1n) is 6.81. The van der Waals surface area contributed by atoms with Crippen LogP contribution in [0.4, 0.5) is 0 Å². The molecule has 0 aliphatic carbocycles. The van der Waals surface area contributed by atoms with Gasteiger partial charge in [0.25, 0.3) is 0 Å². The van der Waals surface area contributed by atoms with E-state index < -0.39 is 10.0 Å². The lowest BCUT2D eigenvalue weighted by molar-refractivity contribution is 0.180. The van der Waals surface area contributed by atoms with Crippen molar-refractivity contribution in [3.05, 3.63) is 29.8 Å². The van der Waals surface area contributed by atoms with Gasteiger partial charge in [-0.2, -0.15) is 0 Å². The number of benzene rings is 1. The van der Waals surface area contributed by atoms with Crippen molar-refractivity contribution in [3.8, 4) is 0 Å². The number of sulfonamides is 1. The third kappa shape index (κ3) is 5.20. The Labute approximate surface area is 121 Å². The Morgan fingerprint density at radius 3 is 2.65 bits per heavy atom. The van der Waals surface area contributed by atoms with Gasteiger partial charge in [0.15, 0.2) is 0 Å². The van der Waals surface area contributed by atoms with Gasteiger partial charge in [0.2, 0.25) is 10.0 Å². The third-order valence-corrected chi connectivity index (χ3v) is 4.47. The molecule has 1 unspecified atom stereocenters. The van der Waals surface area contributed by atoms with Crippen molar-refractivity contribution in [2.45, 2.75) is 37.8 Å². The number of ether oxygens (including phenoxy) is 1. The Morgan fingerprint density at radius 2 is 2.00 bits per heavy atom. The first kappa shape index (κ1) is 17.1. The van der Waals surface area contributed by atoms with Crippen molar-refractivity contribution in [2.75, 3.05) is 20.3 Å². The highest BCUT2D eigenvalue weighted by Gasteiger charge is 2.20. The zero-order valence-electron chi connectivity index (χ0n) is 12.3. The molecule has 2 N–H and O–H groups in total. The average Bonchev–Trinajstić information content (AvgIpc) is 2.39. The van der Waals surface area contributed by atoms with Gasteiger partial charge in [0.05, 0.1) is 11.5 Å². The monoisotopic (exact) mass is 300 g/mol. The second-order valence-electron chi connectivity index (χ2n) is 4.76. The van der Waals surface area contributed by atoms with Gasteiger partial charge in [0, 0.05) is 19.7 Å². The van der Waals surface area contributed by atoms with E-state index in [1.54, 1.807) is 26.2 Å². The quantitative estimate of drug-likeness (QED) is 0.678. The molecule has 114 valence electrons. The molecule has 0 aliphatic heterocycles. The van der Waals surface area contributed by atoms with Gasteiger partial charge < -0.3 is 10.1 Å². The van der Waals surface area contributed by atoms with Crippen LogP contribution in [0.1, 0.15) is 25.8 Å². The minimum atomic E-state index is -3.52. The molecule has 0 saturated carbocycles. The second-order valence-corrected chi connectivity index (χ2v) is 6.44. The molecule has 20 heavy (non-hydrogen) atoms. The summed E-state index contributed by atoms with van der Waals surface area (Å²) in [6.45, 7) is 5.60. The van der Waals surface area contributed by atoms with E-state index in [2.05, 4.69) is 17.0 Å². The summed E-state index contributed by atoms with van der Waals surface area (Å²) in [5.74, 6) is 0. The summed E-state index contributed by atoms with van der Waals surface area (Å²) in [6.07, 6.45) is 1.01. The average molecular weight is 300 g/mol. The molecule has 0 radical (unpaired) electrons. The Bertz CT molecular complexity index is 503. The normalized spacial score (nSPS) is 13.3. The van der Waals surface area contributed by atoms with E-state index in [1.807, 2.05) is 12.1 Å². The standard InChI is InChI=1S/C14H24N2O3S/c1-4-9-15-10-13-7-5-6-8-14(13)20(17,18)16-12(2)11-19-3/h5-8,12,15-16H,4,9-11H2,1-3H3. The van der Waals surface area contributed by atoms with Crippen LogP contribution in [0.2, 0.25) is 0 Å². The second kappa shape index (κ2) is 8.36. The zero-order valence-corrected chi connectivity index (χ0v) is 13.2. The summed E-state index contributed by atoms with van der Waals surface area (Å²) in [5.41, 5.74) is 0.776. The zero-order chi connectivity index (χ0) is 15.0. The minimum Gasteiger partial charge on any atom is -0.383 e. The number of hydrogen-bond donors (Lipinski definition) is 2. The van der Waals surface area contributed by atoms with E-state index in [-0.39, 0.29) is 6.04 Å². The van der Waals surface area contributed by atoms with Crippen LogP contribution >= 0.6 is 0 Å².